The van der Waals surface area contributed by atoms with E-state index >= 15 is 0 Å². The summed E-state index contributed by atoms with van der Waals surface area (Å²) in [7, 11) is 0. The van der Waals surface area contributed by atoms with Crippen molar-refractivity contribution in [1.29, 1.82) is 0 Å². The van der Waals surface area contributed by atoms with Crippen molar-refractivity contribution in [3.05, 3.63) is 48.0 Å². The van der Waals surface area contributed by atoms with Crippen LogP contribution in [0.4, 0.5) is 0 Å². The lowest BCUT2D eigenvalue weighted by Gasteiger charge is -2.10. The Kier molecular flexibility index (Phi) is 6.01. The molecule has 1 atom stereocenters. The van der Waals surface area contributed by atoms with E-state index in [0.717, 1.165) is 30.3 Å². The van der Waals surface area contributed by atoms with Crippen LogP contribution in [0.1, 0.15) is 29.6 Å². The largest absolute Gasteiger partial charge is 0.356 e. The van der Waals surface area contributed by atoms with Gasteiger partial charge in [-0.05, 0) is 54.8 Å². The molecule has 0 saturated carbocycles. The zero-order chi connectivity index (χ0) is 17.5. The highest BCUT2D eigenvalue weighted by Gasteiger charge is 2.14. The van der Waals surface area contributed by atoms with Crippen molar-refractivity contribution in [2.75, 3.05) is 26.2 Å². The molecule has 132 valence electrons. The number of rotatable bonds is 7. The number of benzene rings is 2. The van der Waals surface area contributed by atoms with Gasteiger partial charge in [0.1, 0.15) is 0 Å². The molecule has 0 radical (unpaired) electrons. The van der Waals surface area contributed by atoms with E-state index in [9.17, 15) is 9.59 Å². The standard InChI is InChI=1S/C20H25N3O2/c24-19(22-11-8-15-7-10-21-14-15)9-12-23-20(25)18-6-5-16-3-1-2-4-17(16)13-18/h1-6,13,15,21H,7-12,14H2,(H,22,24)(H,23,25). The van der Waals surface area contributed by atoms with Crippen LogP contribution in [0, 0.1) is 5.92 Å². The van der Waals surface area contributed by atoms with E-state index in [1.807, 2.05) is 42.5 Å². The van der Waals surface area contributed by atoms with Crippen LogP contribution in [-0.2, 0) is 4.79 Å². The average molecular weight is 339 g/mol. The van der Waals surface area contributed by atoms with E-state index in [0.29, 0.717) is 31.0 Å². The second kappa shape index (κ2) is 8.62. The fraction of sp³-hybridized carbons (Fsp3) is 0.400. The number of amides is 2. The summed E-state index contributed by atoms with van der Waals surface area (Å²) in [5, 5.41) is 11.2. The number of nitrogens with one attached hydrogen (secondary N) is 3. The lowest BCUT2D eigenvalue weighted by molar-refractivity contribution is -0.120. The molecule has 5 heteroatoms. The van der Waals surface area contributed by atoms with Gasteiger partial charge in [-0.1, -0.05) is 30.3 Å². The van der Waals surface area contributed by atoms with Gasteiger partial charge in [0.2, 0.25) is 5.91 Å². The van der Waals surface area contributed by atoms with Gasteiger partial charge in [0.15, 0.2) is 0 Å². The minimum absolute atomic E-state index is 0.00947. The van der Waals surface area contributed by atoms with Gasteiger partial charge in [-0.2, -0.15) is 0 Å². The molecule has 1 fully saturated rings. The highest BCUT2D eigenvalue weighted by atomic mass is 16.2. The Labute approximate surface area is 148 Å². The van der Waals surface area contributed by atoms with Crippen molar-refractivity contribution < 1.29 is 9.59 Å². The van der Waals surface area contributed by atoms with Gasteiger partial charge in [-0.25, -0.2) is 0 Å². The average Bonchev–Trinajstić information content (AvgIpc) is 3.14. The van der Waals surface area contributed by atoms with Gasteiger partial charge in [0.05, 0.1) is 0 Å². The molecule has 25 heavy (non-hydrogen) atoms. The van der Waals surface area contributed by atoms with Crippen molar-refractivity contribution in [2.24, 2.45) is 5.92 Å². The monoisotopic (exact) mass is 339 g/mol. The lowest BCUT2D eigenvalue weighted by Crippen LogP contribution is -2.31. The number of hydrogen-bond donors (Lipinski definition) is 3. The third-order valence-electron chi connectivity index (χ3n) is 4.69. The molecule has 2 aromatic rings. The first-order valence-corrected chi connectivity index (χ1v) is 8.97. The Balaban J connectivity index is 1.38. The molecule has 1 heterocycles. The smallest absolute Gasteiger partial charge is 0.251 e. The molecule has 1 aliphatic heterocycles. The summed E-state index contributed by atoms with van der Waals surface area (Å²) in [6.45, 7) is 3.20. The van der Waals surface area contributed by atoms with Crippen molar-refractivity contribution in [2.45, 2.75) is 19.3 Å². The summed E-state index contributed by atoms with van der Waals surface area (Å²) < 4.78 is 0. The fourth-order valence-corrected chi connectivity index (χ4v) is 3.19. The van der Waals surface area contributed by atoms with Crippen molar-refractivity contribution in [3.8, 4) is 0 Å². The zero-order valence-electron chi connectivity index (χ0n) is 14.4. The molecule has 3 rings (SSSR count). The molecular weight excluding hydrogens is 314 g/mol. The van der Waals surface area contributed by atoms with Gasteiger partial charge < -0.3 is 16.0 Å². The molecule has 5 nitrogen and oxygen atoms in total. The normalized spacial score (nSPS) is 16.7. The number of hydrogen-bond acceptors (Lipinski definition) is 3. The number of carbonyl (C=O) groups is 2. The highest BCUT2D eigenvalue weighted by molar-refractivity contribution is 5.98. The second-order valence-corrected chi connectivity index (χ2v) is 6.57. The van der Waals surface area contributed by atoms with Crippen molar-refractivity contribution >= 4 is 22.6 Å². The molecule has 0 aromatic heterocycles. The minimum atomic E-state index is -0.143. The Bertz CT molecular complexity index is 739. The summed E-state index contributed by atoms with van der Waals surface area (Å²) in [4.78, 5) is 24.0. The first-order valence-electron chi connectivity index (χ1n) is 8.97. The minimum Gasteiger partial charge on any atom is -0.356 e. The molecule has 3 N–H and O–H groups in total. The van der Waals surface area contributed by atoms with Crippen LogP contribution in [0.3, 0.4) is 0 Å². The summed E-state index contributed by atoms with van der Waals surface area (Å²) in [5.41, 5.74) is 0.618. The first kappa shape index (κ1) is 17.4. The van der Waals surface area contributed by atoms with Gasteiger partial charge in [-0.15, -0.1) is 0 Å². The van der Waals surface area contributed by atoms with Crippen LogP contribution >= 0.6 is 0 Å². The Morgan fingerprint density at radius 3 is 2.68 bits per heavy atom. The summed E-state index contributed by atoms with van der Waals surface area (Å²) in [6, 6.07) is 13.6. The molecule has 1 aliphatic rings. The van der Waals surface area contributed by atoms with Crippen LogP contribution in [0.2, 0.25) is 0 Å². The Morgan fingerprint density at radius 2 is 1.88 bits per heavy atom. The van der Waals surface area contributed by atoms with E-state index in [4.69, 9.17) is 0 Å². The zero-order valence-corrected chi connectivity index (χ0v) is 14.4. The van der Waals surface area contributed by atoms with Gasteiger partial charge in [0, 0.05) is 25.1 Å². The molecule has 1 unspecified atom stereocenters. The Hall–Kier alpha value is -2.40. The highest BCUT2D eigenvalue weighted by Crippen LogP contribution is 2.15. The summed E-state index contributed by atoms with van der Waals surface area (Å²) >= 11 is 0. The van der Waals surface area contributed by atoms with Crippen LogP contribution < -0.4 is 16.0 Å². The summed E-state index contributed by atoms with van der Waals surface area (Å²) in [6.07, 6.45) is 2.52. The lowest BCUT2D eigenvalue weighted by atomic mass is 10.1. The molecular formula is C20H25N3O2. The summed E-state index contributed by atoms with van der Waals surface area (Å²) in [5.74, 6) is 0.522. The fourth-order valence-electron chi connectivity index (χ4n) is 3.19. The predicted molar refractivity (Wildman–Crippen MR) is 99.5 cm³/mol. The van der Waals surface area contributed by atoms with Crippen LogP contribution in [0.15, 0.2) is 42.5 Å². The SMILES string of the molecule is O=C(CCNC(=O)c1ccc2ccccc2c1)NCCC1CCNC1. The molecule has 2 aromatic carbocycles. The maximum Gasteiger partial charge on any atom is 0.251 e. The predicted octanol–water partition coefficient (Wildman–Crippen LogP) is 2.08. The third kappa shape index (κ3) is 5.03. The van der Waals surface area contributed by atoms with Gasteiger partial charge in [-0.3, -0.25) is 9.59 Å². The first-order chi connectivity index (χ1) is 12.2. The molecule has 0 spiro atoms. The third-order valence-corrected chi connectivity index (χ3v) is 4.69. The van der Waals surface area contributed by atoms with E-state index in [1.165, 1.54) is 6.42 Å². The number of fused-ring (bicyclic) bond motifs is 1. The maximum atomic E-state index is 12.2. The van der Waals surface area contributed by atoms with Gasteiger partial charge >= 0.3 is 0 Å². The van der Waals surface area contributed by atoms with Gasteiger partial charge in [0.25, 0.3) is 5.91 Å². The van der Waals surface area contributed by atoms with E-state index in [2.05, 4.69) is 16.0 Å². The van der Waals surface area contributed by atoms with Crippen molar-refractivity contribution in [3.63, 3.8) is 0 Å². The molecule has 0 bridgehead atoms. The second-order valence-electron chi connectivity index (χ2n) is 6.57. The van der Waals surface area contributed by atoms with Crippen molar-refractivity contribution in [1.82, 2.24) is 16.0 Å². The van der Waals surface area contributed by atoms with Crippen LogP contribution in [0.5, 0.6) is 0 Å². The molecule has 2 amide bonds. The maximum absolute atomic E-state index is 12.2. The van der Waals surface area contributed by atoms with E-state index in [1.54, 1.807) is 0 Å². The number of carbonyl (C=O) groups excluding carboxylic acids is 2. The quantitative estimate of drug-likeness (QED) is 0.723. The Morgan fingerprint density at radius 1 is 1.04 bits per heavy atom. The van der Waals surface area contributed by atoms with E-state index in [-0.39, 0.29) is 11.8 Å². The molecule has 0 aliphatic carbocycles. The van der Waals surface area contributed by atoms with Crippen LogP contribution in [0.25, 0.3) is 10.8 Å². The topological polar surface area (TPSA) is 70.2 Å². The molecule has 1 saturated heterocycles. The van der Waals surface area contributed by atoms with E-state index < -0.39 is 0 Å². The van der Waals surface area contributed by atoms with Crippen LogP contribution in [-0.4, -0.2) is 38.0 Å².